The molecule has 0 N–H and O–H groups in total. The lowest BCUT2D eigenvalue weighted by molar-refractivity contribution is 0.0489. The summed E-state index contributed by atoms with van der Waals surface area (Å²) in [6, 6.07) is 1.79. The van der Waals surface area contributed by atoms with Gasteiger partial charge in [0, 0.05) is 19.4 Å². The molecule has 2 heterocycles. The van der Waals surface area contributed by atoms with Crippen molar-refractivity contribution >= 4 is 27.5 Å². The van der Waals surface area contributed by atoms with Crippen LogP contribution < -0.4 is 4.74 Å². The Morgan fingerprint density at radius 2 is 2.25 bits per heavy atom. The van der Waals surface area contributed by atoms with E-state index in [4.69, 9.17) is 21.1 Å². The van der Waals surface area contributed by atoms with Crippen LogP contribution in [0.25, 0.3) is 0 Å². The summed E-state index contributed by atoms with van der Waals surface area (Å²) in [7, 11) is 0. The van der Waals surface area contributed by atoms with E-state index in [1.807, 2.05) is 0 Å². The van der Waals surface area contributed by atoms with Crippen LogP contribution in [0.4, 0.5) is 0 Å². The molecule has 88 valence electrons. The van der Waals surface area contributed by atoms with E-state index in [1.165, 1.54) is 0 Å². The molecule has 0 amide bonds. The molecule has 1 saturated heterocycles. The van der Waals surface area contributed by atoms with E-state index in [0.717, 1.165) is 30.5 Å². The van der Waals surface area contributed by atoms with Gasteiger partial charge >= 0.3 is 0 Å². The molecule has 1 fully saturated rings. The fourth-order valence-corrected chi connectivity index (χ4v) is 2.37. The van der Waals surface area contributed by atoms with Gasteiger partial charge in [0.15, 0.2) is 0 Å². The lowest BCUT2D eigenvalue weighted by atomic mass is 10.0. The van der Waals surface area contributed by atoms with Crippen LogP contribution in [0.5, 0.6) is 5.88 Å². The third-order valence-electron chi connectivity index (χ3n) is 2.57. The molecule has 1 aromatic heterocycles. The van der Waals surface area contributed by atoms with Gasteiger partial charge in [-0.1, -0.05) is 11.6 Å². The minimum atomic E-state index is 0.568. The van der Waals surface area contributed by atoms with Crippen molar-refractivity contribution in [1.29, 1.82) is 0 Å². The topological polar surface area (TPSA) is 31.4 Å². The second-order valence-electron chi connectivity index (χ2n) is 3.81. The fraction of sp³-hybridized carbons (Fsp3) is 0.545. The highest BCUT2D eigenvalue weighted by Crippen LogP contribution is 2.26. The molecule has 1 aliphatic rings. The van der Waals surface area contributed by atoms with E-state index in [2.05, 4.69) is 20.9 Å². The zero-order valence-corrected chi connectivity index (χ0v) is 11.1. The standard InChI is InChI=1S/C11H13BrClNO2/c12-10-5-9(13)6-14-11(10)16-7-8-1-3-15-4-2-8/h5-6,8H,1-4,7H2. The summed E-state index contributed by atoms with van der Waals surface area (Å²) in [6.45, 7) is 2.36. The van der Waals surface area contributed by atoms with Crippen LogP contribution in [0.1, 0.15) is 12.8 Å². The quantitative estimate of drug-likeness (QED) is 0.858. The third kappa shape index (κ3) is 3.34. The highest BCUT2D eigenvalue weighted by Gasteiger charge is 2.15. The van der Waals surface area contributed by atoms with Gasteiger partial charge in [0.1, 0.15) is 0 Å². The van der Waals surface area contributed by atoms with E-state index < -0.39 is 0 Å². The Morgan fingerprint density at radius 3 is 2.94 bits per heavy atom. The lowest BCUT2D eigenvalue weighted by Crippen LogP contribution is -2.21. The van der Waals surface area contributed by atoms with Crippen molar-refractivity contribution in [3.8, 4) is 5.88 Å². The molecule has 0 atom stereocenters. The van der Waals surface area contributed by atoms with Crippen LogP contribution in [0, 0.1) is 5.92 Å². The number of ether oxygens (including phenoxy) is 2. The van der Waals surface area contributed by atoms with Crippen molar-refractivity contribution in [2.45, 2.75) is 12.8 Å². The largest absolute Gasteiger partial charge is 0.477 e. The Labute approximate surface area is 108 Å². The van der Waals surface area contributed by atoms with Crippen molar-refractivity contribution in [2.24, 2.45) is 5.92 Å². The van der Waals surface area contributed by atoms with Gasteiger partial charge in [0.25, 0.3) is 0 Å². The summed E-state index contributed by atoms with van der Waals surface area (Å²) >= 11 is 9.18. The van der Waals surface area contributed by atoms with Crippen molar-refractivity contribution in [1.82, 2.24) is 4.98 Å². The van der Waals surface area contributed by atoms with E-state index in [0.29, 0.717) is 23.4 Å². The van der Waals surface area contributed by atoms with Gasteiger partial charge in [-0.2, -0.15) is 0 Å². The Bertz CT molecular complexity index is 356. The third-order valence-corrected chi connectivity index (χ3v) is 3.35. The Kier molecular flexibility index (Phi) is 4.44. The number of pyridine rings is 1. The number of halogens is 2. The molecular formula is C11H13BrClNO2. The summed E-state index contributed by atoms with van der Waals surface area (Å²) in [5, 5.41) is 0.602. The van der Waals surface area contributed by atoms with Gasteiger partial charge in [-0.25, -0.2) is 4.98 Å². The predicted molar refractivity (Wildman–Crippen MR) is 66.0 cm³/mol. The predicted octanol–water partition coefficient (Wildman–Crippen LogP) is 3.30. The maximum absolute atomic E-state index is 5.80. The summed E-state index contributed by atoms with van der Waals surface area (Å²) in [5.41, 5.74) is 0. The van der Waals surface area contributed by atoms with E-state index in [-0.39, 0.29) is 0 Å². The normalized spacial score (nSPS) is 17.4. The number of aromatic nitrogens is 1. The molecule has 0 unspecified atom stereocenters. The molecule has 0 bridgehead atoms. The van der Waals surface area contributed by atoms with Crippen LogP contribution in [0.2, 0.25) is 5.02 Å². The number of hydrogen-bond acceptors (Lipinski definition) is 3. The molecule has 2 rings (SSSR count). The summed E-state index contributed by atoms with van der Waals surface area (Å²) in [6.07, 6.45) is 3.71. The molecule has 1 aliphatic heterocycles. The fourth-order valence-electron chi connectivity index (χ4n) is 1.62. The zero-order chi connectivity index (χ0) is 11.4. The summed E-state index contributed by atoms with van der Waals surface area (Å²) in [4.78, 5) is 4.13. The van der Waals surface area contributed by atoms with Gasteiger partial charge in [-0.3, -0.25) is 0 Å². The molecule has 5 heteroatoms. The second kappa shape index (κ2) is 5.84. The summed E-state index contributed by atoms with van der Waals surface area (Å²) < 4.78 is 11.8. The average Bonchev–Trinajstić information content (AvgIpc) is 2.29. The second-order valence-corrected chi connectivity index (χ2v) is 5.10. The molecular weight excluding hydrogens is 293 g/mol. The molecule has 0 spiro atoms. The maximum Gasteiger partial charge on any atom is 0.228 e. The van der Waals surface area contributed by atoms with Gasteiger partial charge in [0.2, 0.25) is 5.88 Å². The van der Waals surface area contributed by atoms with E-state index in [1.54, 1.807) is 12.3 Å². The van der Waals surface area contributed by atoms with Crippen molar-refractivity contribution in [3.05, 3.63) is 21.8 Å². The zero-order valence-electron chi connectivity index (χ0n) is 8.79. The van der Waals surface area contributed by atoms with Crippen molar-refractivity contribution in [3.63, 3.8) is 0 Å². The number of rotatable bonds is 3. The minimum absolute atomic E-state index is 0.568. The van der Waals surface area contributed by atoms with Gasteiger partial charge in [0.05, 0.1) is 16.1 Å². The highest BCUT2D eigenvalue weighted by molar-refractivity contribution is 9.10. The van der Waals surface area contributed by atoms with Crippen molar-refractivity contribution < 1.29 is 9.47 Å². The molecule has 1 aromatic rings. The van der Waals surface area contributed by atoms with Crippen LogP contribution in [0.15, 0.2) is 16.7 Å². The number of hydrogen-bond donors (Lipinski definition) is 0. The highest BCUT2D eigenvalue weighted by atomic mass is 79.9. The Morgan fingerprint density at radius 1 is 1.50 bits per heavy atom. The SMILES string of the molecule is Clc1cnc(OCC2CCOCC2)c(Br)c1. The first-order valence-electron chi connectivity index (χ1n) is 5.27. The van der Waals surface area contributed by atoms with Gasteiger partial charge < -0.3 is 9.47 Å². The van der Waals surface area contributed by atoms with Crippen LogP contribution in [0.3, 0.4) is 0 Å². The molecule has 3 nitrogen and oxygen atoms in total. The van der Waals surface area contributed by atoms with E-state index >= 15 is 0 Å². The molecule has 0 aromatic carbocycles. The first-order chi connectivity index (χ1) is 7.75. The monoisotopic (exact) mass is 305 g/mol. The molecule has 0 aliphatic carbocycles. The Balaban J connectivity index is 1.88. The van der Waals surface area contributed by atoms with Gasteiger partial charge in [-0.05, 0) is 40.8 Å². The molecule has 16 heavy (non-hydrogen) atoms. The average molecular weight is 307 g/mol. The maximum atomic E-state index is 5.80. The van der Waals surface area contributed by atoms with E-state index in [9.17, 15) is 0 Å². The Hall–Kier alpha value is -0.320. The van der Waals surface area contributed by atoms with Crippen molar-refractivity contribution in [2.75, 3.05) is 19.8 Å². The lowest BCUT2D eigenvalue weighted by Gasteiger charge is -2.21. The first kappa shape index (κ1) is 12.1. The van der Waals surface area contributed by atoms with Crippen LogP contribution >= 0.6 is 27.5 Å². The van der Waals surface area contributed by atoms with Crippen LogP contribution in [-0.4, -0.2) is 24.8 Å². The van der Waals surface area contributed by atoms with Crippen LogP contribution in [-0.2, 0) is 4.74 Å². The first-order valence-corrected chi connectivity index (χ1v) is 6.44. The molecule has 0 saturated carbocycles. The number of nitrogens with zero attached hydrogens (tertiary/aromatic N) is 1. The minimum Gasteiger partial charge on any atom is -0.477 e. The molecule has 0 radical (unpaired) electrons. The smallest absolute Gasteiger partial charge is 0.228 e. The summed E-state index contributed by atoms with van der Waals surface area (Å²) in [5.74, 6) is 1.18. The van der Waals surface area contributed by atoms with Gasteiger partial charge in [-0.15, -0.1) is 0 Å².